The highest BCUT2D eigenvalue weighted by molar-refractivity contribution is 7.18. The summed E-state index contributed by atoms with van der Waals surface area (Å²) in [4.78, 5) is 23.0. The first-order valence-corrected chi connectivity index (χ1v) is 11.0. The van der Waals surface area contributed by atoms with Gasteiger partial charge < -0.3 is 9.64 Å². The number of hydrogen-bond acceptors (Lipinski definition) is 6. The fourth-order valence-corrected chi connectivity index (χ4v) is 6.13. The number of fused-ring (bicyclic) bond motifs is 4. The summed E-state index contributed by atoms with van der Waals surface area (Å²) < 4.78 is 5.35. The molecule has 144 valence electrons. The van der Waals surface area contributed by atoms with Crippen LogP contribution in [0, 0.1) is 0 Å². The monoisotopic (exact) mass is 411 g/mol. The fourth-order valence-electron chi connectivity index (χ4n) is 3.88. The molecule has 0 bridgehead atoms. The number of anilines is 1. The van der Waals surface area contributed by atoms with Crippen LogP contribution in [0.25, 0.3) is 10.4 Å². The Balaban J connectivity index is 1.39. The fraction of sp³-hybridized carbons (Fsp3) is 0.333. The molecular weight excluding hydrogens is 390 g/mol. The molecule has 1 aliphatic carbocycles. The van der Waals surface area contributed by atoms with E-state index in [9.17, 15) is 4.79 Å². The lowest BCUT2D eigenvalue weighted by Crippen LogP contribution is -2.25. The van der Waals surface area contributed by atoms with Crippen LogP contribution in [0.15, 0.2) is 24.3 Å². The van der Waals surface area contributed by atoms with Crippen molar-refractivity contribution in [1.82, 2.24) is 9.88 Å². The molecule has 0 saturated carbocycles. The van der Waals surface area contributed by atoms with E-state index in [0.717, 1.165) is 48.7 Å². The number of benzene rings is 1. The third-order valence-electron chi connectivity index (χ3n) is 5.40. The molecule has 0 unspecified atom stereocenters. The van der Waals surface area contributed by atoms with Gasteiger partial charge in [0.05, 0.1) is 17.7 Å². The van der Waals surface area contributed by atoms with E-state index in [-0.39, 0.29) is 5.91 Å². The van der Waals surface area contributed by atoms with Gasteiger partial charge in [0.2, 0.25) is 0 Å². The number of carbonyl (C=O) groups excluding carboxylic acids is 1. The van der Waals surface area contributed by atoms with E-state index in [2.05, 4.69) is 34.4 Å². The Morgan fingerprint density at radius 3 is 2.89 bits per heavy atom. The highest BCUT2D eigenvalue weighted by Gasteiger charge is 2.24. The van der Waals surface area contributed by atoms with Gasteiger partial charge >= 0.3 is 0 Å². The maximum absolute atomic E-state index is 12.9. The predicted molar refractivity (Wildman–Crippen MR) is 114 cm³/mol. The zero-order valence-electron chi connectivity index (χ0n) is 15.9. The molecule has 3 heterocycles. The minimum absolute atomic E-state index is 0.0612. The molecule has 1 amide bonds. The Bertz CT molecular complexity index is 1070. The number of thiophene rings is 1. The van der Waals surface area contributed by atoms with Crippen LogP contribution in [0.2, 0.25) is 0 Å². The molecule has 0 spiro atoms. The molecule has 28 heavy (non-hydrogen) atoms. The lowest BCUT2D eigenvalue weighted by Gasteiger charge is -2.20. The molecule has 2 aliphatic rings. The first-order valence-electron chi connectivity index (χ1n) is 9.39. The molecular formula is C21H21N3O2S2. The maximum Gasteiger partial charge on any atom is 0.267 e. The molecule has 5 rings (SSSR count). The van der Waals surface area contributed by atoms with Gasteiger partial charge in [-0.15, -0.1) is 22.7 Å². The van der Waals surface area contributed by atoms with Crippen LogP contribution in [-0.2, 0) is 25.8 Å². The standard InChI is InChI=1S/C21H21N3O2S2/c1-24-8-7-16-18(11-24)28-21(22-16)23-20(25)17-10-13-4-3-12-9-14(26-2)5-6-15(12)19(13)27-17/h5-6,9-10H,3-4,7-8,11H2,1-2H3,(H,22,23,25). The van der Waals surface area contributed by atoms with Gasteiger partial charge in [0, 0.05) is 29.3 Å². The van der Waals surface area contributed by atoms with Gasteiger partial charge in [-0.1, -0.05) is 0 Å². The molecule has 2 aromatic heterocycles. The van der Waals surface area contributed by atoms with E-state index in [4.69, 9.17) is 4.74 Å². The number of thiazole rings is 1. The van der Waals surface area contributed by atoms with Gasteiger partial charge in [0.25, 0.3) is 5.91 Å². The lowest BCUT2D eigenvalue weighted by atomic mass is 9.91. The van der Waals surface area contributed by atoms with Crippen molar-refractivity contribution >= 4 is 33.7 Å². The summed E-state index contributed by atoms with van der Waals surface area (Å²) in [5.74, 6) is 0.823. The molecule has 1 aliphatic heterocycles. The van der Waals surface area contributed by atoms with Crippen molar-refractivity contribution < 1.29 is 9.53 Å². The summed E-state index contributed by atoms with van der Waals surface area (Å²) in [5, 5.41) is 3.73. The smallest absolute Gasteiger partial charge is 0.267 e. The Hall–Kier alpha value is -2.22. The first kappa shape index (κ1) is 17.8. The number of methoxy groups -OCH3 is 1. The van der Waals surface area contributed by atoms with E-state index >= 15 is 0 Å². The number of aromatic nitrogens is 1. The number of hydrogen-bond donors (Lipinski definition) is 1. The van der Waals surface area contributed by atoms with E-state index < -0.39 is 0 Å². The van der Waals surface area contributed by atoms with Gasteiger partial charge in [-0.25, -0.2) is 4.98 Å². The second-order valence-corrected chi connectivity index (χ2v) is 9.45. The van der Waals surface area contributed by atoms with Crippen molar-refractivity contribution in [1.29, 1.82) is 0 Å². The summed E-state index contributed by atoms with van der Waals surface area (Å²) in [5.41, 5.74) is 4.90. The third-order valence-corrected chi connectivity index (χ3v) is 7.60. The minimum Gasteiger partial charge on any atom is -0.497 e. The van der Waals surface area contributed by atoms with Crippen molar-refractivity contribution in [3.63, 3.8) is 0 Å². The van der Waals surface area contributed by atoms with Crippen LogP contribution in [0.1, 0.15) is 31.4 Å². The SMILES string of the molecule is COc1ccc2c(c1)CCc1cc(C(=O)Nc3nc4c(s3)CN(C)CC4)sc1-2. The molecule has 1 aromatic carbocycles. The summed E-state index contributed by atoms with van der Waals surface area (Å²) in [7, 11) is 3.81. The number of rotatable bonds is 3. The van der Waals surface area contributed by atoms with Gasteiger partial charge in [0.1, 0.15) is 5.75 Å². The van der Waals surface area contributed by atoms with Crippen LogP contribution in [0.5, 0.6) is 5.75 Å². The van der Waals surface area contributed by atoms with Crippen molar-refractivity contribution in [3.8, 4) is 16.2 Å². The van der Waals surface area contributed by atoms with E-state index in [1.165, 1.54) is 26.4 Å². The predicted octanol–water partition coefficient (Wildman–Crippen LogP) is 4.22. The Morgan fingerprint density at radius 1 is 1.18 bits per heavy atom. The van der Waals surface area contributed by atoms with Crippen LogP contribution in [-0.4, -0.2) is 36.5 Å². The molecule has 0 fully saturated rings. The summed E-state index contributed by atoms with van der Waals surface area (Å²) in [6.07, 6.45) is 2.88. The maximum atomic E-state index is 12.9. The van der Waals surface area contributed by atoms with Gasteiger partial charge in [-0.2, -0.15) is 0 Å². The molecule has 0 saturated heterocycles. The molecule has 7 heteroatoms. The van der Waals surface area contributed by atoms with E-state index in [0.29, 0.717) is 5.13 Å². The van der Waals surface area contributed by atoms with Crippen LogP contribution in [0.3, 0.4) is 0 Å². The molecule has 1 N–H and O–H groups in total. The van der Waals surface area contributed by atoms with Crippen molar-refractivity contribution in [2.75, 3.05) is 26.0 Å². The van der Waals surface area contributed by atoms with Crippen LogP contribution in [0.4, 0.5) is 5.13 Å². The highest BCUT2D eigenvalue weighted by atomic mass is 32.1. The average Bonchev–Trinajstić information content (AvgIpc) is 3.30. The quantitative estimate of drug-likeness (QED) is 0.701. The highest BCUT2D eigenvalue weighted by Crippen LogP contribution is 2.41. The normalized spacial score (nSPS) is 15.5. The Kier molecular flexibility index (Phi) is 4.45. The minimum atomic E-state index is -0.0612. The van der Waals surface area contributed by atoms with Crippen molar-refractivity contribution in [2.45, 2.75) is 25.8 Å². The molecule has 3 aromatic rings. The van der Waals surface area contributed by atoms with E-state index in [1.54, 1.807) is 29.8 Å². The number of likely N-dealkylation sites (N-methyl/N-ethyl adjacent to an activating group) is 1. The number of amides is 1. The summed E-state index contributed by atoms with van der Waals surface area (Å²) in [6, 6.07) is 8.25. The van der Waals surface area contributed by atoms with Gasteiger partial charge in [0.15, 0.2) is 5.13 Å². The zero-order valence-corrected chi connectivity index (χ0v) is 17.5. The number of ether oxygens (including phenoxy) is 1. The largest absolute Gasteiger partial charge is 0.497 e. The van der Waals surface area contributed by atoms with E-state index in [1.807, 2.05) is 12.1 Å². The van der Waals surface area contributed by atoms with Crippen LogP contribution < -0.4 is 10.1 Å². The number of aryl methyl sites for hydroxylation is 2. The van der Waals surface area contributed by atoms with Crippen molar-refractivity contribution in [2.24, 2.45) is 0 Å². The third kappa shape index (κ3) is 3.13. The van der Waals surface area contributed by atoms with Gasteiger partial charge in [-0.05, 0) is 60.8 Å². The Labute approximate surface area is 172 Å². The average molecular weight is 412 g/mol. The van der Waals surface area contributed by atoms with Crippen molar-refractivity contribution in [3.05, 3.63) is 50.8 Å². The molecule has 0 atom stereocenters. The second kappa shape index (κ2) is 6.99. The zero-order chi connectivity index (χ0) is 19.3. The number of nitrogens with zero attached hydrogens (tertiary/aromatic N) is 2. The van der Waals surface area contributed by atoms with Crippen LogP contribution >= 0.6 is 22.7 Å². The lowest BCUT2D eigenvalue weighted by molar-refractivity contribution is 0.103. The number of nitrogens with one attached hydrogen (secondary N) is 1. The summed E-state index contributed by atoms with van der Waals surface area (Å²) >= 11 is 3.17. The first-order chi connectivity index (χ1) is 13.6. The molecule has 5 nitrogen and oxygen atoms in total. The topological polar surface area (TPSA) is 54.5 Å². The van der Waals surface area contributed by atoms with Gasteiger partial charge in [-0.3, -0.25) is 10.1 Å². The Morgan fingerprint density at radius 2 is 2.04 bits per heavy atom. The summed E-state index contributed by atoms with van der Waals surface area (Å²) in [6.45, 7) is 1.93. The second-order valence-electron chi connectivity index (χ2n) is 7.32. The molecule has 0 radical (unpaired) electrons. The number of carbonyl (C=O) groups is 1.